The molecule has 1 aromatic heterocycles. The third-order valence-electron chi connectivity index (χ3n) is 3.98. The highest BCUT2D eigenvalue weighted by molar-refractivity contribution is 7.89. The highest BCUT2D eigenvalue weighted by Gasteiger charge is 2.26. The zero-order chi connectivity index (χ0) is 17.9. The summed E-state index contributed by atoms with van der Waals surface area (Å²) in [4.78, 5) is 16.8. The minimum absolute atomic E-state index is 0.143. The molecule has 1 fully saturated rings. The summed E-state index contributed by atoms with van der Waals surface area (Å²) in [5, 5.41) is 8.62. The van der Waals surface area contributed by atoms with Crippen LogP contribution in [-0.4, -0.2) is 49.8 Å². The normalized spacial score (nSPS) is 17.2. The second-order valence-electron chi connectivity index (χ2n) is 5.75. The Bertz CT molecular complexity index is 831. The summed E-state index contributed by atoms with van der Waals surface area (Å²) in [5.41, 5.74) is 0.319. The molecule has 1 aliphatic rings. The molecule has 25 heavy (non-hydrogen) atoms. The van der Waals surface area contributed by atoms with E-state index in [1.165, 1.54) is 27.8 Å². The van der Waals surface area contributed by atoms with Gasteiger partial charge >= 0.3 is 0 Å². The van der Waals surface area contributed by atoms with Gasteiger partial charge < -0.3 is 10.6 Å². The number of benzene rings is 1. The van der Waals surface area contributed by atoms with Crippen LogP contribution in [0.25, 0.3) is 0 Å². The van der Waals surface area contributed by atoms with Crippen LogP contribution in [0.4, 0.5) is 0 Å². The molecule has 0 saturated carbocycles. The maximum Gasteiger partial charge on any atom is 0.251 e. The van der Waals surface area contributed by atoms with Crippen molar-refractivity contribution in [2.24, 2.45) is 0 Å². The van der Waals surface area contributed by atoms with Crippen LogP contribution in [0.3, 0.4) is 0 Å². The highest BCUT2D eigenvalue weighted by atomic mass is 32.2. The van der Waals surface area contributed by atoms with Crippen molar-refractivity contribution in [2.45, 2.75) is 17.9 Å². The lowest BCUT2D eigenvalue weighted by Crippen LogP contribution is -2.46. The van der Waals surface area contributed by atoms with Crippen LogP contribution in [-0.2, 0) is 10.0 Å². The largest absolute Gasteiger partial charge is 0.343 e. The summed E-state index contributed by atoms with van der Waals surface area (Å²) < 4.78 is 26.9. The Morgan fingerprint density at radius 1 is 1.36 bits per heavy atom. The minimum Gasteiger partial charge on any atom is -0.343 e. The number of nitrogens with one attached hydrogen (secondary N) is 2. The van der Waals surface area contributed by atoms with Crippen molar-refractivity contribution in [1.29, 1.82) is 0 Å². The number of hydrogen-bond donors (Lipinski definition) is 2. The average Bonchev–Trinajstić information content (AvgIpc) is 3.17. The number of piperazine rings is 1. The van der Waals surface area contributed by atoms with Crippen LogP contribution in [0.2, 0.25) is 0 Å². The van der Waals surface area contributed by atoms with Gasteiger partial charge in [0.2, 0.25) is 10.0 Å². The first-order chi connectivity index (χ1) is 12.0. The lowest BCUT2D eigenvalue weighted by Gasteiger charge is -2.26. The quantitative estimate of drug-likeness (QED) is 0.814. The maximum absolute atomic E-state index is 12.7. The van der Waals surface area contributed by atoms with Crippen molar-refractivity contribution in [3.8, 4) is 0 Å². The summed E-state index contributed by atoms with van der Waals surface area (Å²) in [6, 6.07) is 5.93. The fourth-order valence-electron chi connectivity index (χ4n) is 2.62. The Balaban J connectivity index is 1.77. The molecular weight excluding hydrogens is 360 g/mol. The number of nitrogens with zero attached hydrogens (tertiary/aromatic N) is 2. The van der Waals surface area contributed by atoms with Gasteiger partial charge in [0.05, 0.1) is 10.9 Å². The third kappa shape index (κ3) is 4.06. The first-order valence-corrected chi connectivity index (χ1v) is 10.3. The van der Waals surface area contributed by atoms with Crippen LogP contribution in [0.15, 0.2) is 40.7 Å². The number of rotatable bonds is 5. The molecule has 3 rings (SSSR count). The first-order valence-electron chi connectivity index (χ1n) is 7.99. The molecule has 0 aliphatic carbocycles. The molecule has 2 N–H and O–H groups in total. The van der Waals surface area contributed by atoms with E-state index in [4.69, 9.17) is 0 Å². The van der Waals surface area contributed by atoms with Crippen LogP contribution in [0.1, 0.15) is 28.3 Å². The van der Waals surface area contributed by atoms with E-state index in [1.807, 2.05) is 12.3 Å². The molecular formula is C16H20N4O3S2. The molecule has 2 heterocycles. The predicted molar refractivity (Wildman–Crippen MR) is 96.1 cm³/mol. The molecule has 0 spiro atoms. The number of aromatic nitrogens is 1. The van der Waals surface area contributed by atoms with Gasteiger partial charge in [0.25, 0.3) is 5.91 Å². The summed E-state index contributed by atoms with van der Waals surface area (Å²) in [6.45, 7) is 3.97. The lowest BCUT2D eigenvalue weighted by atomic mass is 10.2. The van der Waals surface area contributed by atoms with E-state index in [2.05, 4.69) is 15.6 Å². The van der Waals surface area contributed by atoms with E-state index in [0.717, 1.165) is 5.01 Å². The third-order valence-corrected chi connectivity index (χ3v) is 6.83. The number of amides is 1. The van der Waals surface area contributed by atoms with Gasteiger partial charge in [0, 0.05) is 43.3 Å². The standard InChI is InChI=1S/C16H20N4O3S2/c1-12(16-18-7-10-24-16)19-15(21)13-3-2-4-14(11-13)25(22,23)20-8-5-17-6-9-20/h2-4,7,10-12,17H,5-6,8-9H2,1H3,(H,19,21). The SMILES string of the molecule is CC(NC(=O)c1cccc(S(=O)(=O)N2CCNCC2)c1)c1nccs1. The number of hydrogen-bond acceptors (Lipinski definition) is 6. The molecule has 7 nitrogen and oxygen atoms in total. The van der Waals surface area contributed by atoms with E-state index in [1.54, 1.807) is 18.3 Å². The van der Waals surface area contributed by atoms with Gasteiger partial charge in [-0.25, -0.2) is 13.4 Å². The minimum atomic E-state index is -3.59. The van der Waals surface area contributed by atoms with Gasteiger partial charge in [0.1, 0.15) is 5.01 Å². The van der Waals surface area contributed by atoms with Crippen molar-refractivity contribution >= 4 is 27.3 Å². The monoisotopic (exact) mass is 380 g/mol. The molecule has 0 bridgehead atoms. The molecule has 2 aromatic rings. The van der Waals surface area contributed by atoms with Gasteiger partial charge in [-0.05, 0) is 25.1 Å². The van der Waals surface area contributed by atoms with Gasteiger partial charge in [-0.15, -0.1) is 11.3 Å². The zero-order valence-electron chi connectivity index (χ0n) is 13.8. The number of thiazole rings is 1. The molecule has 1 saturated heterocycles. The Hall–Kier alpha value is -1.81. The molecule has 1 aromatic carbocycles. The predicted octanol–water partition coefficient (Wildman–Crippen LogP) is 1.23. The molecule has 9 heteroatoms. The topological polar surface area (TPSA) is 91.4 Å². The van der Waals surface area contributed by atoms with Crippen LogP contribution < -0.4 is 10.6 Å². The van der Waals surface area contributed by atoms with E-state index in [0.29, 0.717) is 31.7 Å². The fourth-order valence-corrected chi connectivity index (χ4v) is 4.76. The van der Waals surface area contributed by atoms with Crippen molar-refractivity contribution in [3.05, 3.63) is 46.4 Å². The summed E-state index contributed by atoms with van der Waals surface area (Å²) in [7, 11) is -3.59. The van der Waals surface area contributed by atoms with Crippen molar-refractivity contribution in [3.63, 3.8) is 0 Å². The number of carbonyl (C=O) groups is 1. The summed E-state index contributed by atoms with van der Waals surface area (Å²) >= 11 is 1.46. The Kier molecular flexibility index (Phi) is 5.48. The molecule has 134 valence electrons. The smallest absolute Gasteiger partial charge is 0.251 e. The number of sulfonamides is 1. The van der Waals surface area contributed by atoms with Gasteiger partial charge in [0.15, 0.2) is 0 Å². The van der Waals surface area contributed by atoms with E-state index >= 15 is 0 Å². The first kappa shape index (κ1) is 18.0. The molecule has 1 atom stereocenters. The Morgan fingerprint density at radius 2 is 2.12 bits per heavy atom. The van der Waals surface area contributed by atoms with Crippen LogP contribution in [0.5, 0.6) is 0 Å². The Morgan fingerprint density at radius 3 is 2.80 bits per heavy atom. The van der Waals surface area contributed by atoms with Crippen molar-refractivity contribution in [2.75, 3.05) is 26.2 Å². The zero-order valence-corrected chi connectivity index (χ0v) is 15.4. The average molecular weight is 380 g/mol. The second kappa shape index (κ2) is 7.61. The highest BCUT2D eigenvalue weighted by Crippen LogP contribution is 2.19. The van der Waals surface area contributed by atoms with Crippen LogP contribution >= 0.6 is 11.3 Å². The summed E-state index contributed by atoms with van der Waals surface area (Å²) in [5.74, 6) is -0.319. The van der Waals surface area contributed by atoms with Gasteiger partial charge in [-0.2, -0.15) is 4.31 Å². The lowest BCUT2D eigenvalue weighted by molar-refractivity contribution is 0.0939. The molecule has 1 amide bonds. The maximum atomic E-state index is 12.7. The van der Waals surface area contributed by atoms with Gasteiger partial charge in [-0.3, -0.25) is 4.79 Å². The van der Waals surface area contributed by atoms with Crippen molar-refractivity contribution in [1.82, 2.24) is 19.9 Å². The molecule has 0 radical (unpaired) electrons. The summed E-state index contributed by atoms with van der Waals surface area (Å²) in [6.07, 6.45) is 1.68. The van der Waals surface area contributed by atoms with E-state index in [-0.39, 0.29) is 16.8 Å². The second-order valence-corrected chi connectivity index (χ2v) is 8.61. The van der Waals surface area contributed by atoms with Crippen LogP contribution in [0, 0.1) is 0 Å². The van der Waals surface area contributed by atoms with E-state index in [9.17, 15) is 13.2 Å². The van der Waals surface area contributed by atoms with Crippen molar-refractivity contribution < 1.29 is 13.2 Å². The Labute approximate surface area is 151 Å². The molecule has 1 aliphatic heterocycles. The van der Waals surface area contributed by atoms with Gasteiger partial charge in [-0.1, -0.05) is 6.07 Å². The fraction of sp³-hybridized carbons (Fsp3) is 0.375. The molecule has 1 unspecified atom stereocenters. The number of carbonyl (C=O) groups excluding carboxylic acids is 1. The van der Waals surface area contributed by atoms with E-state index < -0.39 is 10.0 Å².